The van der Waals surface area contributed by atoms with E-state index < -0.39 is 10.1 Å². The monoisotopic (exact) mass is 420 g/mol. The van der Waals surface area contributed by atoms with Gasteiger partial charge in [0, 0.05) is 13.2 Å². The molecule has 1 aliphatic heterocycles. The summed E-state index contributed by atoms with van der Waals surface area (Å²) in [7, 11) is -3.26. The molecule has 0 N–H and O–H groups in total. The minimum absolute atomic E-state index is 0.0719. The molecule has 1 heterocycles. The Kier molecular flexibility index (Phi) is 16.3. The van der Waals surface area contributed by atoms with Crippen molar-refractivity contribution in [2.24, 2.45) is 0 Å². The van der Waals surface area contributed by atoms with Crippen molar-refractivity contribution in [3.63, 3.8) is 0 Å². The molecule has 1 unspecified atom stereocenters. The highest BCUT2D eigenvalue weighted by molar-refractivity contribution is 7.85. The lowest BCUT2D eigenvalue weighted by Gasteiger charge is -2.22. The Morgan fingerprint density at radius 3 is 1.61 bits per heavy atom. The Bertz CT molecular complexity index is 432. The second-order valence-electron chi connectivity index (χ2n) is 8.14. The molecule has 28 heavy (non-hydrogen) atoms. The smallest absolute Gasteiger partial charge is 0.264 e. The molecule has 6 heteroatoms. The van der Waals surface area contributed by atoms with Gasteiger partial charge < -0.3 is 9.47 Å². The SMILES string of the molecule is CS(=O)(=O)OCCCCCCCCCCCCCCCCOC1CCCCO1. The van der Waals surface area contributed by atoms with E-state index in [1.54, 1.807) is 0 Å². The summed E-state index contributed by atoms with van der Waals surface area (Å²) in [4.78, 5) is 0. The van der Waals surface area contributed by atoms with Crippen molar-refractivity contribution < 1.29 is 22.1 Å². The first kappa shape index (κ1) is 25.9. The van der Waals surface area contributed by atoms with Crippen LogP contribution in [0.15, 0.2) is 0 Å². The lowest BCUT2D eigenvalue weighted by atomic mass is 10.0. The van der Waals surface area contributed by atoms with Gasteiger partial charge in [0.15, 0.2) is 6.29 Å². The Hall–Kier alpha value is -0.170. The van der Waals surface area contributed by atoms with E-state index in [0.717, 1.165) is 38.7 Å². The van der Waals surface area contributed by atoms with Crippen molar-refractivity contribution in [1.82, 2.24) is 0 Å². The summed E-state index contributed by atoms with van der Waals surface area (Å²) in [5.74, 6) is 0. The molecular formula is C22H44O5S. The Morgan fingerprint density at radius 1 is 0.714 bits per heavy atom. The maximum absolute atomic E-state index is 10.8. The average molecular weight is 421 g/mol. The van der Waals surface area contributed by atoms with Crippen LogP contribution < -0.4 is 0 Å². The first-order chi connectivity index (χ1) is 13.6. The van der Waals surface area contributed by atoms with E-state index in [2.05, 4.69) is 0 Å². The molecule has 0 aromatic carbocycles. The van der Waals surface area contributed by atoms with Crippen molar-refractivity contribution >= 4 is 10.1 Å². The predicted molar refractivity (Wildman–Crippen MR) is 115 cm³/mol. The molecule has 0 amide bonds. The van der Waals surface area contributed by atoms with Crippen molar-refractivity contribution in [3.8, 4) is 0 Å². The van der Waals surface area contributed by atoms with Crippen LogP contribution in [0.3, 0.4) is 0 Å². The van der Waals surface area contributed by atoms with Crippen LogP contribution in [0.1, 0.15) is 109 Å². The summed E-state index contributed by atoms with van der Waals surface area (Å²) in [5, 5.41) is 0. The lowest BCUT2D eigenvalue weighted by molar-refractivity contribution is -0.162. The highest BCUT2D eigenvalue weighted by atomic mass is 32.2. The van der Waals surface area contributed by atoms with E-state index in [0.29, 0.717) is 6.61 Å². The summed E-state index contributed by atoms with van der Waals surface area (Å²) in [6.45, 7) is 2.06. The molecular weight excluding hydrogens is 376 g/mol. The molecule has 5 nitrogen and oxygen atoms in total. The fourth-order valence-electron chi connectivity index (χ4n) is 3.59. The number of hydrogen-bond acceptors (Lipinski definition) is 5. The third kappa shape index (κ3) is 17.9. The van der Waals surface area contributed by atoms with Crippen LogP contribution >= 0.6 is 0 Å². The molecule has 0 saturated carbocycles. The summed E-state index contributed by atoms with van der Waals surface area (Å²) < 4.78 is 37.7. The van der Waals surface area contributed by atoms with Gasteiger partial charge in [-0.3, -0.25) is 4.18 Å². The number of hydrogen-bond donors (Lipinski definition) is 0. The number of ether oxygens (including phenoxy) is 2. The van der Waals surface area contributed by atoms with Crippen LogP contribution in [0.5, 0.6) is 0 Å². The normalized spacial score (nSPS) is 17.8. The largest absolute Gasteiger partial charge is 0.353 e. The van der Waals surface area contributed by atoms with Gasteiger partial charge in [-0.15, -0.1) is 0 Å². The Labute approximate surface area is 174 Å². The lowest BCUT2D eigenvalue weighted by Crippen LogP contribution is -2.22. The molecule has 1 atom stereocenters. The van der Waals surface area contributed by atoms with E-state index in [1.807, 2.05) is 0 Å². The summed E-state index contributed by atoms with van der Waals surface area (Å²) >= 11 is 0. The highest BCUT2D eigenvalue weighted by Gasteiger charge is 2.13. The third-order valence-electron chi connectivity index (χ3n) is 5.28. The minimum Gasteiger partial charge on any atom is -0.353 e. The van der Waals surface area contributed by atoms with Gasteiger partial charge in [-0.05, 0) is 32.1 Å². The second kappa shape index (κ2) is 17.7. The van der Waals surface area contributed by atoms with Gasteiger partial charge in [0.25, 0.3) is 10.1 Å². The van der Waals surface area contributed by atoms with Crippen LogP contribution in [0, 0.1) is 0 Å². The van der Waals surface area contributed by atoms with Gasteiger partial charge in [-0.1, -0.05) is 77.0 Å². The van der Waals surface area contributed by atoms with Gasteiger partial charge in [-0.25, -0.2) is 0 Å². The van der Waals surface area contributed by atoms with Crippen LogP contribution in [-0.2, 0) is 23.8 Å². The molecule has 0 aromatic rings. The maximum atomic E-state index is 10.8. The van der Waals surface area contributed by atoms with Gasteiger partial charge in [0.1, 0.15) is 0 Å². The van der Waals surface area contributed by atoms with Gasteiger partial charge >= 0.3 is 0 Å². The zero-order valence-corrected chi connectivity index (χ0v) is 19.0. The fourth-order valence-corrected chi connectivity index (χ4v) is 4.01. The van der Waals surface area contributed by atoms with E-state index >= 15 is 0 Å². The molecule has 0 aliphatic carbocycles. The molecule has 1 rings (SSSR count). The summed E-state index contributed by atoms with van der Waals surface area (Å²) in [6.07, 6.45) is 22.3. The molecule has 0 spiro atoms. The Morgan fingerprint density at radius 2 is 1.18 bits per heavy atom. The van der Waals surface area contributed by atoms with E-state index in [4.69, 9.17) is 13.7 Å². The second-order valence-corrected chi connectivity index (χ2v) is 9.79. The van der Waals surface area contributed by atoms with Crippen molar-refractivity contribution in [2.45, 2.75) is 115 Å². The van der Waals surface area contributed by atoms with Gasteiger partial charge in [-0.2, -0.15) is 8.42 Å². The first-order valence-electron chi connectivity index (χ1n) is 11.7. The quantitative estimate of drug-likeness (QED) is 0.190. The molecule has 0 radical (unpaired) electrons. The van der Waals surface area contributed by atoms with Crippen LogP contribution in [-0.4, -0.2) is 40.8 Å². The predicted octanol–water partition coefficient (Wildman–Crippen LogP) is 5.97. The molecule has 1 saturated heterocycles. The van der Waals surface area contributed by atoms with Crippen LogP contribution in [0.2, 0.25) is 0 Å². The van der Waals surface area contributed by atoms with E-state index in [9.17, 15) is 8.42 Å². The summed E-state index contributed by atoms with van der Waals surface area (Å²) in [6, 6.07) is 0. The fraction of sp³-hybridized carbons (Fsp3) is 1.00. The van der Waals surface area contributed by atoms with Crippen molar-refractivity contribution in [1.29, 1.82) is 0 Å². The molecule has 1 fully saturated rings. The van der Waals surface area contributed by atoms with E-state index in [-0.39, 0.29) is 6.29 Å². The van der Waals surface area contributed by atoms with Gasteiger partial charge in [0.2, 0.25) is 0 Å². The van der Waals surface area contributed by atoms with Crippen molar-refractivity contribution in [2.75, 3.05) is 26.1 Å². The van der Waals surface area contributed by atoms with Crippen LogP contribution in [0.25, 0.3) is 0 Å². The first-order valence-corrected chi connectivity index (χ1v) is 13.5. The average Bonchev–Trinajstić information content (AvgIpc) is 2.67. The zero-order valence-electron chi connectivity index (χ0n) is 18.2. The third-order valence-corrected chi connectivity index (χ3v) is 5.87. The number of rotatable bonds is 19. The highest BCUT2D eigenvalue weighted by Crippen LogP contribution is 2.15. The maximum Gasteiger partial charge on any atom is 0.264 e. The van der Waals surface area contributed by atoms with Crippen LogP contribution in [0.4, 0.5) is 0 Å². The zero-order chi connectivity index (χ0) is 20.3. The molecule has 168 valence electrons. The topological polar surface area (TPSA) is 61.8 Å². The summed E-state index contributed by atoms with van der Waals surface area (Å²) in [5.41, 5.74) is 0. The number of unbranched alkanes of at least 4 members (excludes halogenated alkanes) is 13. The Balaban J connectivity index is 1.67. The molecule has 0 bridgehead atoms. The minimum atomic E-state index is -3.26. The van der Waals surface area contributed by atoms with Gasteiger partial charge in [0.05, 0.1) is 12.9 Å². The standard InChI is InChI=1S/C22H44O5S/c1-28(23,24)27-21-16-13-11-9-7-5-3-2-4-6-8-10-12-15-19-25-22-18-14-17-20-26-22/h22H,2-21H2,1H3. The molecule has 1 aliphatic rings. The van der Waals surface area contributed by atoms with Crippen molar-refractivity contribution in [3.05, 3.63) is 0 Å². The molecule has 0 aromatic heterocycles. The van der Waals surface area contributed by atoms with E-state index in [1.165, 1.54) is 89.9 Å².